The third kappa shape index (κ3) is 2.41. The molecule has 18 heavy (non-hydrogen) atoms. The molecule has 4 nitrogen and oxygen atoms in total. The lowest BCUT2D eigenvalue weighted by Crippen LogP contribution is -2.10. The molecule has 0 aromatic heterocycles. The number of nitriles is 1. The van der Waals surface area contributed by atoms with Crippen LogP contribution in [0.4, 0.5) is 5.69 Å². The first kappa shape index (κ1) is 11.9. The van der Waals surface area contributed by atoms with Crippen LogP contribution in [-0.2, 0) is 4.79 Å². The fourth-order valence-electron chi connectivity index (χ4n) is 1.79. The van der Waals surface area contributed by atoms with Crippen LogP contribution in [-0.4, -0.2) is 13.0 Å². The monoisotopic (exact) mass is 240 g/mol. The van der Waals surface area contributed by atoms with E-state index in [4.69, 9.17) is 10.00 Å². The van der Waals surface area contributed by atoms with Crippen LogP contribution in [0.3, 0.4) is 0 Å². The summed E-state index contributed by atoms with van der Waals surface area (Å²) in [5, 5.41) is 13.1. The van der Waals surface area contributed by atoms with Crippen LogP contribution < -0.4 is 10.1 Å². The minimum absolute atomic E-state index is 0.158. The number of anilines is 1. The van der Waals surface area contributed by atoms with Crippen LogP contribution >= 0.6 is 0 Å². The van der Waals surface area contributed by atoms with Gasteiger partial charge in [-0.3, -0.25) is 4.79 Å². The predicted molar refractivity (Wildman–Crippen MR) is 69.4 cm³/mol. The van der Waals surface area contributed by atoms with Crippen LogP contribution in [0.25, 0.3) is 10.8 Å². The lowest BCUT2D eigenvalue weighted by molar-refractivity contribution is -0.115. The highest BCUT2D eigenvalue weighted by atomic mass is 16.5. The number of nitrogens with zero attached hydrogens (tertiary/aromatic N) is 1. The smallest absolute Gasteiger partial charge is 0.238 e. The van der Waals surface area contributed by atoms with Crippen molar-refractivity contribution in [3.8, 4) is 11.8 Å². The van der Waals surface area contributed by atoms with E-state index < -0.39 is 0 Å². The van der Waals surface area contributed by atoms with Gasteiger partial charge in [0.25, 0.3) is 0 Å². The van der Waals surface area contributed by atoms with Gasteiger partial charge in [-0.05, 0) is 11.5 Å². The van der Waals surface area contributed by atoms with Crippen LogP contribution in [0.1, 0.15) is 6.42 Å². The molecule has 0 fully saturated rings. The molecule has 4 heteroatoms. The average molecular weight is 240 g/mol. The standard InChI is InChI=1S/C14H12N2O2/c1-18-13-9-11(16-14(17)6-7-15)8-10-4-2-3-5-12(10)13/h2-5,8-9H,6H2,1H3,(H,16,17). The van der Waals surface area contributed by atoms with Crippen molar-refractivity contribution in [3.05, 3.63) is 36.4 Å². The highest BCUT2D eigenvalue weighted by Crippen LogP contribution is 2.29. The van der Waals surface area contributed by atoms with Crippen molar-refractivity contribution in [2.75, 3.05) is 12.4 Å². The van der Waals surface area contributed by atoms with E-state index in [1.54, 1.807) is 13.2 Å². The van der Waals surface area contributed by atoms with Crippen molar-refractivity contribution in [2.45, 2.75) is 6.42 Å². The molecule has 0 heterocycles. The summed E-state index contributed by atoms with van der Waals surface area (Å²) in [6, 6.07) is 13.2. The molecule has 0 radical (unpaired) electrons. The molecule has 2 aromatic carbocycles. The molecule has 1 N–H and O–H groups in total. The van der Waals surface area contributed by atoms with Crippen molar-refractivity contribution in [2.24, 2.45) is 0 Å². The SMILES string of the molecule is COc1cc(NC(=O)CC#N)cc2ccccc12. The quantitative estimate of drug-likeness (QED) is 0.897. The number of ether oxygens (including phenoxy) is 1. The highest BCUT2D eigenvalue weighted by molar-refractivity contribution is 5.97. The van der Waals surface area contributed by atoms with Gasteiger partial charge in [0.1, 0.15) is 12.2 Å². The number of hydrogen-bond donors (Lipinski definition) is 1. The first-order valence-electron chi connectivity index (χ1n) is 5.48. The zero-order chi connectivity index (χ0) is 13.0. The molecule has 2 aromatic rings. The molecule has 0 saturated carbocycles. The number of methoxy groups -OCH3 is 1. The normalized spacial score (nSPS) is 9.78. The second kappa shape index (κ2) is 5.19. The van der Waals surface area contributed by atoms with Crippen LogP contribution in [0.15, 0.2) is 36.4 Å². The molecule has 1 amide bonds. The maximum Gasteiger partial charge on any atom is 0.238 e. The molecule has 0 aliphatic heterocycles. The molecular formula is C14H12N2O2. The summed E-state index contributed by atoms with van der Waals surface area (Å²) in [5.74, 6) is 0.371. The molecule has 0 bridgehead atoms. The summed E-state index contributed by atoms with van der Waals surface area (Å²) in [6.07, 6.45) is -0.158. The number of hydrogen-bond acceptors (Lipinski definition) is 3. The lowest BCUT2D eigenvalue weighted by Gasteiger charge is -2.09. The number of carbonyl (C=O) groups is 1. The van der Waals surface area contributed by atoms with Gasteiger partial charge in [0.2, 0.25) is 5.91 Å². The van der Waals surface area contributed by atoms with Crippen molar-refractivity contribution >= 4 is 22.4 Å². The van der Waals surface area contributed by atoms with E-state index in [9.17, 15) is 4.79 Å². The Morgan fingerprint density at radius 2 is 2.17 bits per heavy atom. The minimum Gasteiger partial charge on any atom is -0.496 e. The summed E-state index contributed by atoms with van der Waals surface area (Å²) in [4.78, 5) is 11.4. The Bertz CT molecular complexity index is 629. The van der Waals surface area contributed by atoms with Crippen molar-refractivity contribution in [3.63, 3.8) is 0 Å². The molecule has 0 aliphatic rings. The van der Waals surface area contributed by atoms with E-state index in [1.807, 2.05) is 36.4 Å². The zero-order valence-electron chi connectivity index (χ0n) is 9.93. The maximum atomic E-state index is 11.4. The van der Waals surface area contributed by atoms with Crippen molar-refractivity contribution < 1.29 is 9.53 Å². The fourth-order valence-corrected chi connectivity index (χ4v) is 1.79. The molecule has 0 atom stereocenters. The number of carbonyl (C=O) groups excluding carboxylic acids is 1. The lowest BCUT2D eigenvalue weighted by atomic mass is 10.1. The largest absolute Gasteiger partial charge is 0.496 e. The number of benzene rings is 2. The highest BCUT2D eigenvalue weighted by Gasteiger charge is 2.06. The molecule has 2 rings (SSSR count). The van der Waals surface area contributed by atoms with Gasteiger partial charge in [-0.2, -0.15) is 5.26 Å². The maximum absolute atomic E-state index is 11.4. The summed E-state index contributed by atoms with van der Waals surface area (Å²) in [5.41, 5.74) is 0.630. The van der Waals surface area contributed by atoms with Crippen molar-refractivity contribution in [1.82, 2.24) is 0 Å². The van der Waals surface area contributed by atoms with Gasteiger partial charge >= 0.3 is 0 Å². The third-order valence-electron chi connectivity index (χ3n) is 2.57. The molecular weight excluding hydrogens is 228 g/mol. The van der Waals surface area contributed by atoms with E-state index in [0.717, 1.165) is 10.8 Å². The second-order valence-corrected chi connectivity index (χ2v) is 3.78. The second-order valence-electron chi connectivity index (χ2n) is 3.78. The molecule has 0 aliphatic carbocycles. The first-order chi connectivity index (χ1) is 8.74. The van der Waals surface area contributed by atoms with Gasteiger partial charge in [0, 0.05) is 17.1 Å². The Labute approximate surface area is 105 Å². The molecule has 0 saturated heterocycles. The minimum atomic E-state index is -0.324. The van der Waals surface area contributed by atoms with Gasteiger partial charge in [-0.25, -0.2) is 0 Å². The summed E-state index contributed by atoms with van der Waals surface area (Å²) < 4.78 is 5.29. The number of fused-ring (bicyclic) bond motifs is 1. The van der Waals surface area contributed by atoms with E-state index in [1.165, 1.54) is 0 Å². The Morgan fingerprint density at radius 3 is 2.89 bits per heavy atom. The van der Waals surface area contributed by atoms with Gasteiger partial charge in [-0.15, -0.1) is 0 Å². The van der Waals surface area contributed by atoms with Gasteiger partial charge < -0.3 is 10.1 Å². The summed E-state index contributed by atoms with van der Waals surface area (Å²) in [7, 11) is 1.59. The Balaban J connectivity index is 2.41. The van der Waals surface area contributed by atoms with E-state index in [-0.39, 0.29) is 12.3 Å². The average Bonchev–Trinajstić information content (AvgIpc) is 2.38. The van der Waals surface area contributed by atoms with E-state index >= 15 is 0 Å². The zero-order valence-corrected chi connectivity index (χ0v) is 9.93. The predicted octanol–water partition coefficient (Wildman–Crippen LogP) is 2.70. The number of rotatable bonds is 3. The van der Waals surface area contributed by atoms with Gasteiger partial charge in [-0.1, -0.05) is 24.3 Å². The topological polar surface area (TPSA) is 62.1 Å². The Morgan fingerprint density at radius 1 is 1.39 bits per heavy atom. The summed E-state index contributed by atoms with van der Waals surface area (Å²) in [6.45, 7) is 0. The van der Waals surface area contributed by atoms with E-state index in [0.29, 0.717) is 11.4 Å². The number of amides is 1. The van der Waals surface area contributed by atoms with Gasteiger partial charge in [0.05, 0.1) is 13.2 Å². The number of nitrogens with one attached hydrogen (secondary N) is 1. The van der Waals surface area contributed by atoms with Crippen LogP contribution in [0, 0.1) is 11.3 Å². The molecule has 90 valence electrons. The van der Waals surface area contributed by atoms with Crippen LogP contribution in [0.2, 0.25) is 0 Å². The third-order valence-corrected chi connectivity index (χ3v) is 2.57. The van der Waals surface area contributed by atoms with E-state index in [2.05, 4.69) is 5.32 Å². The van der Waals surface area contributed by atoms with Gasteiger partial charge in [0.15, 0.2) is 0 Å². The first-order valence-corrected chi connectivity index (χ1v) is 5.48. The fraction of sp³-hybridized carbons (Fsp3) is 0.143. The summed E-state index contributed by atoms with van der Waals surface area (Å²) >= 11 is 0. The Kier molecular flexibility index (Phi) is 3.44. The van der Waals surface area contributed by atoms with Crippen LogP contribution in [0.5, 0.6) is 5.75 Å². The van der Waals surface area contributed by atoms with Crippen molar-refractivity contribution in [1.29, 1.82) is 5.26 Å². The molecule has 0 unspecified atom stereocenters. The molecule has 0 spiro atoms. The Hall–Kier alpha value is -2.54.